The quantitative estimate of drug-likeness (QED) is 0.941. The molecule has 1 aliphatic heterocycles. The number of methoxy groups -OCH3 is 1. The van der Waals surface area contributed by atoms with Gasteiger partial charge in [0.05, 0.1) is 19.6 Å². The van der Waals surface area contributed by atoms with E-state index < -0.39 is 0 Å². The van der Waals surface area contributed by atoms with E-state index >= 15 is 0 Å². The maximum atomic E-state index is 12.6. The van der Waals surface area contributed by atoms with Gasteiger partial charge in [-0.15, -0.1) is 0 Å². The maximum Gasteiger partial charge on any atom is 0.234 e. The first-order valence-electron chi connectivity index (χ1n) is 7.09. The van der Waals surface area contributed by atoms with Crippen LogP contribution in [0.15, 0.2) is 30.3 Å². The van der Waals surface area contributed by atoms with Gasteiger partial charge in [0.25, 0.3) is 0 Å². The van der Waals surface area contributed by atoms with Gasteiger partial charge in [-0.2, -0.15) is 4.98 Å². The highest BCUT2D eigenvalue weighted by Gasteiger charge is 2.28. The van der Waals surface area contributed by atoms with Crippen LogP contribution in [0.5, 0.6) is 11.6 Å². The Labute approximate surface area is 128 Å². The molecule has 1 aromatic heterocycles. The highest BCUT2D eigenvalue weighted by atomic mass is 16.5. The minimum absolute atomic E-state index is 0.136. The normalized spacial score (nSPS) is 16.4. The van der Waals surface area contributed by atoms with E-state index in [2.05, 4.69) is 15.3 Å². The molecule has 0 spiro atoms. The van der Waals surface area contributed by atoms with E-state index in [1.807, 2.05) is 31.2 Å². The lowest BCUT2D eigenvalue weighted by Crippen LogP contribution is -2.27. The molecule has 3 rings (SSSR count). The number of rotatable bonds is 3. The zero-order valence-electron chi connectivity index (χ0n) is 12.5. The Hall–Kier alpha value is -2.63. The molecule has 6 heteroatoms. The van der Waals surface area contributed by atoms with Crippen molar-refractivity contribution in [1.82, 2.24) is 9.97 Å². The summed E-state index contributed by atoms with van der Waals surface area (Å²) < 4.78 is 10.7. The maximum absolute atomic E-state index is 12.6. The highest BCUT2D eigenvalue weighted by molar-refractivity contribution is 5.95. The van der Waals surface area contributed by atoms with Gasteiger partial charge in [0.1, 0.15) is 5.75 Å². The third-order valence-electron chi connectivity index (χ3n) is 3.55. The number of fused-ring (bicyclic) bond motifs is 1. The van der Waals surface area contributed by atoms with Crippen molar-refractivity contribution < 1.29 is 14.3 Å². The molecule has 2 heterocycles. The van der Waals surface area contributed by atoms with E-state index in [1.165, 1.54) is 7.11 Å². The fourth-order valence-corrected chi connectivity index (χ4v) is 2.51. The molecule has 0 saturated heterocycles. The first-order valence-corrected chi connectivity index (χ1v) is 7.09. The summed E-state index contributed by atoms with van der Waals surface area (Å²) >= 11 is 0. The third kappa shape index (κ3) is 2.86. The van der Waals surface area contributed by atoms with E-state index in [4.69, 9.17) is 9.47 Å². The van der Waals surface area contributed by atoms with Crippen molar-refractivity contribution in [3.63, 3.8) is 0 Å². The van der Waals surface area contributed by atoms with Crippen molar-refractivity contribution in [1.29, 1.82) is 0 Å². The van der Waals surface area contributed by atoms with Crippen LogP contribution in [-0.4, -0.2) is 29.6 Å². The van der Waals surface area contributed by atoms with Crippen molar-refractivity contribution in [2.24, 2.45) is 0 Å². The zero-order valence-corrected chi connectivity index (χ0v) is 12.5. The van der Waals surface area contributed by atoms with E-state index in [0.29, 0.717) is 18.9 Å². The molecule has 1 amide bonds. The lowest BCUT2D eigenvalue weighted by Gasteiger charge is -2.24. The standard InChI is InChI=1S/C16H17N3O3/c1-10-9-14(21-2)18-16(17-10)19-15(20)12-7-8-22-13-6-4-3-5-11(12)13/h3-6,9,12H,7-8H2,1-2H3,(H,17,18,19,20). The highest BCUT2D eigenvalue weighted by Crippen LogP contribution is 2.33. The number of hydrogen-bond acceptors (Lipinski definition) is 5. The van der Waals surface area contributed by atoms with Crippen LogP contribution in [0.1, 0.15) is 23.6 Å². The largest absolute Gasteiger partial charge is 0.493 e. The summed E-state index contributed by atoms with van der Waals surface area (Å²) in [4.78, 5) is 20.9. The minimum atomic E-state index is -0.264. The molecule has 2 aromatic rings. The monoisotopic (exact) mass is 299 g/mol. The van der Waals surface area contributed by atoms with E-state index in [-0.39, 0.29) is 17.8 Å². The lowest BCUT2D eigenvalue weighted by atomic mass is 9.92. The molecule has 0 saturated carbocycles. The molecular weight excluding hydrogens is 282 g/mol. The molecule has 0 radical (unpaired) electrons. The van der Waals surface area contributed by atoms with Crippen LogP contribution in [0.3, 0.4) is 0 Å². The second kappa shape index (κ2) is 6.01. The molecule has 6 nitrogen and oxygen atoms in total. The number of amides is 1. The summed E-state index contributed by atoms with van der Waals surface area (Å²) in [7, 11) is 1.53. The summed E-state index contributed by atoms with van der Waals surface area (Å²) in [5.41, 5.74) is 1.63. The number of carbonyl (C=O) groups excluding carboxylic acids is 1. The van der Waals surface area contributed by atoms with E-state index in [1.54, 1.807) is 6.07 Å². The van der Waals surface area contributed by atoms with Gasteiger partial charge in [0.2, 0.25) is 17.7 Å². The summed E-state index contributed by atoms with van der Waals surface area (Å²) in [5, 5.41) is 2.77. The number of benzene rings is 1. The first-order chi connectivity index (χ1) is 10.7. The van der Waals surface area contributed by atoms with Crippen molar-refractivity contribution in [3.05, 3.63) is 41.6 Å². The molecule has 1 aliphatic rings. The number of aryl methyl sites for hydroxylation is 1. The second-order valence-corrected chi connectivity index (χ2v) is 5.09. The number of ether oxygens (including phenoxy) is 2. The number of anilines is 1. The molecule has 1 unspecified atom stereocenters. The molecule has 22 heavy (non-hydrogen) atoms. The molecule has 0 bridgehead atoms. The number of nitrogens with one attached hydrogen (secondary N) is 1. The third-order valence-corrected chi connectivity index (χ3v) is 3.55. The van der Waals surface area contributed by atoms with Crippen LogP contribution >= 0.6 is 0 Å². The van der Waals surface area contributed by atoms with E-state index in [9.17, 15) is 4.79 Å². The van der Waals surface area contributed by atoms with Gasteiger partial charge >= 0.3 is 0 Å². The van der Waals surface area contributed by atoms with Crippen molar-refractivity contribution >= 4 is 11.9 Å². The topological polar surface area (TPSA) is 73.3 Å². The second-order valence-electron chi connectivity index (χ2n) is 5.09. The SMILES string of the molecule is COc1cc(C)nc(NC(=O)C2CCOc3ccccc32)n1. The minimum Gasteiger partial charge on any atom is -0.493 e. The Morgan fingerprint density at radius 1 is 1.36 bits per heavy atom. The average Bonchev–Trinajstić information content (AvgIpc) is 2.53. The van der Waals surface area contributed by atoms with Crippen LogP contribution in [0, 0.1) is 6.92 Å². The summed E-state index contributed by atoms with van der Waals surface area (Å²) in [6, 6.07) is 9.30. The van der Waals surface area contributed by atoms with Gasteiger partial charge in [-0.05, 0) is 19.4 Å². The number of carbonyl (C=O) groups is 1. The zero-order chi connectivity index (χ0) is 15.5. The Bertz CT molecular complexity index is 703. The van der Waals surface area contributed by atoms with Gasteiger partial charge in [-0.25, -0.2) is 4.98 Å². The van der Waals surface area contributed by atoms with Gasteiger partial charge in [0.15, 0.2) is 0 Å². The van der Waals surface area contributed by atoms with Crippen LogP contribution in [-0.2, 0) is 4.79 Å². The molecule has 1 N–H and O–H groups in total. The smallest absolute Gasteiger partial charge is 0.234 e. The number of para-hydroxylation sites is 1. The fraction of sp³-hybridized carbons (Fsp3) is 0.312. The van der Waals surface area contributed by atoms with Crippen LogP contribution in [0.25, 0.3) is 0 Å². The van der Waals surface area contributed by atoms with Crippen molar-refractivity contribution in [3.8, 4) is 11.6 Å². The van der Waals surface area contributed by atoms with Gasteiger partial charge in [0, 0.05) is 17.3 Å². The van der Waals surface area contributed by atoms with Gasteiger partial charge in [-0.1, -0.05) is 18.2 Å². The predicted octanol–water partition coefficient (Wildman–Crippen LogP) is 2.30. The fourth-order valence-electron chi connectivity index (χ4n) is 2.51. The Morgan fingerprint density at radius 2 is 2.18 bits per heavy atom. The van der Waals surface area contributed by atoms with Crippen molar-refractivity contribution in [2.75, 3.05) is 19.0 Å². The number of nitrogens with zero attached hydrogens (tertiary/aromatic N) is 2. The Morgan fingerprint density at radius 3 is 3.00 bits per heavy atom. The summed E-state index contributed by atoms with van der Waals surface area (Å²) in [5.74, 6) is 1.04. The Kier molecular flexibility index (Phi) is 3.91. The number of aromatic nitrogens is 2. The molecular formula is C16H17N3O3. The van der Waals surface area contributed by atoms with E-state index in [0.717, 1.165) is 17.0 Å². The van der Waals surface area contributed by atoms with Gasteiger partial charge < -0.3 is 9.47 Å². The Balaban J connectivity index is 1.82. The molecule has 114 valence electrons. The average molecular weight is 299 g/mol. The predicted molar refractivity (Wildman–Crippen MR) is 81.2 cm³/mol. The van der Waals surface area contributed by atoms with Crippen LogP contribution < -0.4 is 14.8 Å². The molecule has 1 atom stereocenters. The summed E-state index contributed by atoms with van der Waals surface area (Å²) in [6.45, 7) is 2.34. The van der Waals surface area contributed by atoms with Crippen molar-refractivity contribution in [2.45, 2.75) is 19.3 Å². The van der Waals surface area contributed by atoms with Gasteiger partial charge in [-0.3, -0.25) is 10.1 Å². The van der Waals surface area contributed by atoms with Crippen LogP contribution in [0.2, 0.25) is 0 Å². The lowest BCUT2D eigenvalue weighted by molar-refractivity contribution is -0.118. The first kappa shape index (κ1) is 14.3. The summed E-state index contributed by atoms with van der Waals surface area (Å²) in [6.07, 6.45) is 0.631. The molecule has 0 aliphatic carbocycles. The molecule has 1 aromatic carbocycles. The van der Waals surface area contributed by atoms with Crippen LogP contribution in [0.4, 0.5) is 5.95 Å². The number of hydrogen-bond donors (Lipinski definition) is 1. The molecule has 0 fully saturated rings.